The first-order valence-corrected chi connectivity index (χ1v) is 6.19. The number of carbonyl (C=O) groups excluding carboxylic acids is 2. The number of methoxy groups -OCH3 is 2. The Morgan fingerprint density at radius 1 is 1.43 bits per heavy atom. The smallest absolute Gasteiger partial charge is 0.341 e. The molecule has 1 amide bonds. The lowest BCUT2D eigenvalue weighted by molar-refractivity contribution is -0.123. The molecule has 0 aliphatic rings. The van der Waals surface area contributed by atoms with Crippen LogP contribution in [0.2, 0.25) is 0 Å². The molecule has 0 saturated carbocycles. The third-order valence-electron chi connectivity index (χ3n) is 2.84. The van der Waals surface area contributed by atoms with Crippen LogP contribution in [0.3, 0.4) is 0 Å². The van der Waals surface area contributed by atoms with Crippen molar-refractivity contribution in [2.45, 2.75) is 26.0 Å². The fourth-order valence-corrected chi connectivity index (χ4v) is 1.67. The Kier molecular flexibility index (Phi) is 8.68. The molecule has 0 fully saturated rings. The highest BCUT2D eigenvalue weighted by Gasteiger charge is 2.16. The van der Waals surface area contributed by atoms with E-state index in [0.717, 1.165) is 0 Å². The van der Waals surface area contributed by atoms with E-state index in [4.69, 9.17) is 14.9 Å². The second-order valence-electron chi connectivity index (χ2n) is 4.25. The summed E-state index contributed by atoms with van der Waals surface area (Å²) in [6, 6.07) is 1.55. The van der Waals surface area contributed by atoms with Crippen LogP contribution in [-0.2, 0) is 20.8 Å². The van der Waals surface area contributed by atoms with E-state index in [0.29, 0.717) is 17.1 Å². The number of esters is 1. The molecule has 3 N–H and O–H groups in total. The van der Waals surface area contributed by atoms with E-state index in [2.05, 4.69) is 10.1 Å². The zero-order valence-electron chi connectivity index (χ0n) is 12.3. The minimum absolute atomic E-state index is 0. The summed E-state index contributed by atoms with van der Waals surface area (Å²) in [5, 5.41) is 2.68. The molecule has 0 spiro atoms. The van der Waals surface area contributed by atoms with Crippen molar-refractivity contribution in [2.75, 3.05) is 20.8 Å². The van der Waals surface area contributed by atoms with Gasteiger partial charge in [0.15, 0.2) is 0 Å². The molecule has 0 aliphatic carbocycles. The largest absolute Gasteiger partial charge is 0.465 e. The van der Waals surface area contributed by atoms with Crippen molar-refractivity contribution in [3.63, 3.8) is 0 Å². The van der Waals surface area contributed by atoms with Gasteiger partial charge in [0.2, 0.25) is 5.91 Å². The van der Waals surface area contributed by atoms with Crippen LogP contribution in [0.15, 0.2) is 10.5 Å². The number of halogens is 1. The molecule has 0 saturated heterocycles. The zero-order chi connectivity index (χ0) is 15.1. The highest BCUT2D eigenvalue weighted by Crippen LogP contribution is 2.15. The number of carbonyl (C=O) groups is 2. The fourth-order valence-electron chi connectivity index (χ4n) is 1.67. The van der Waals surface area contributed by atoms with Gasteiger partial charge in [0, 0.05) is 13.7 Å². The molecule has 1 unspecified atom stereocenters. The molecular weight excluding hydrogens is 300 g/mol. The van der Waals surface area contributed by atoms with Gasteiger partial charge in [0.25, 0.3) is 0 Å². The molecule has 1 rings (SSSR count). The quantitative estimate of drug-likeness (QED) is 0.719. The lowest BCUT2D eigenvalue weighted by Crippen LogP contribution is -2.31. The lowest BCUT2D eigenvalue weighted by Gasteiger charge is -2.11. The second kappa shape index (κ2) is 9.38. The minimum Gasteiger partial charge on any atom is -0.465 e. The van der Waals surface area contributed by atoms with Crippen LogP contribution in [0.25, 0.3) is 0 Å². The van der Waals surface area contributed by atoms with E-state index in [1.165, 1.54) is 14.2 Å². The normalized spacial score (nSPS) is 11.4. The summed E-state index contributed by atoms with van der Waals surface area (Å²) in [5.74, 6) is 0.276. The Labute approximate surface area is 129 Å². The molecule has 21 heavy (non-hydrogen) atoms. The number of ether oxygens (including phenoxy) is 2. The number of rotatable bonds is 7. The highest BCUT2D eigenvalue weighted by molar-refractivity contribution is 5.90. The van der Waals surface area contributed by atoms with Gasteiger partial charge in [-0.1, -0.05) is 0 Å². The number of nitrogens with one attached hydrogen (secondary N) is 1. The molecular formula is C13H21ClN2O5. The first-order valence-electron chi connectivity index (χ1n) is 6.19. The maximum atomic E-state index is 11.6. The van der Waals surface area contributed by atoms with Crippen molar-refractivity contribution in [1.29, 1.82) is 0 Å². The van der Waals surface area contributed by atoms with E-state index >= 15 is 0 Å². The summed E-state index contributed by atoms with van der Waals surface area (Å²) >= 11 is 0. The number of hydrogen-bond donors (Lipinski definition) is 2. The van der Waals surface area contributed by atoms with Crippen molar-refractivity contribution in [1.82, 2.24) is 5.32 Å². The molecule has 0 aromatic carbocycles. The number of aryl methyl sites for hydroxylation is 1. The van der Waals surface area contributed by atoms with Gasteiger partial charge in [0.1, 0.15) is 17.1 Å². The first-order chi connectivity index (χ1) is 9.51. The highest BCUT2D eigenvalue weighted by atomic mass is 35.5. The van der Waals surface area contributed by atoms with Crippen molar-refractivity contribution >= 4 is 24.3 Å². The topological polar surface area (TPSA) is 104 Å². The van der Waals surface area contributed by atoms with Gasteiger partial charge in [-0.15, -0.1) is 12.4 Å². The summed E-state index contributed by atoms with van der Waals surface area (Å²) in [6.07, 6.45) is -0.129. The zero-order valence-corrected chi connectivity index (χ0v) is 13.1. The van der Waals surface area contributed by atoms with E-state index in [1.54, 1.807) is 13.0 Å². The molecule has 1 heterocycles. The van der Waals surface area contributed by atoms with Crippen LogP contribution in [0.1, 0.15) is 28.3 Å². The lowest BCUT2D eigenvalue weighted by atomic mass is 10.2. The predicted octanol–water partition coefficient (Wildman–Crippen LogP) is 0.776. The third kappa shape index (κ3) is 5.74. The SMILES string of the molecule is COC(=O)c1cc(CNC(=O)CC(CN)OC)oc1C.Cl. The summed E-state index contributed by atoms with van der Waals surface area (Å²) in [5.41, 5.74) is 5.79. The van der Waals surface area contributed by atoms with E-state index in [1.807, 2.05) is 0 Å². The maximum absolute atomic E-state index is 11.6. The Hall–Kier alpha value is -1.57. The monoisotopic (exact) mass is 320 g/mol. The summed E-state index contributed by atoms with van der Waals surface area (Å²) in [6.45, 7) is 2.13. The van der Waals surface area contributed by atoms with Gasteiger partial charge in [-0.25, -0.2) is 4.79 Å². The maximum Gasteiger partial charge on any atom is 0.341 e. The van der Waals surface area contributed by atoms with Crippen molar-refractivity contribution < 1.29 is 23.5 Å². The average Bonchev–Trinajstić information content (AvgIpc) is 2.82. The van der Waals surface area contributed by atoms with Gasteiger partial charge in [-0.05, 0) is 13.0 Å². The Morgan fingerprint density at radius 3 is 2.62 bits per heavy atom. The molecule has 7 nitrogen and oxygen atoms in total. The fraction of sp³-hybridized carbons (Fsp3) is 0.538. The van der Waals surface area contributed by atoms with Crippen LogP contribution in [0.4, 0.5) is 0 Å². The Morgan fingerprint density at radius 2 is 2.10 bits per heavy atom. The first kappa shape index (κ1) is 19.4. The van der Waals surface area contributed by atoms with E-state index in [9.17, 15) is 9.59 Å². The molecule has 120 valence electrons. The van der Waals surface area contributed by atoms with Crippen molar-refractivity contribution in [3.8, 4) is 0 Å². The van der Waals surface area contributed by atoms with Crippen LogP contribution in [0.5, 0.6) is 0 Å². The number of furan rings is 1. The van der Waals surface area contributed by atoms with Gasteiger partial charge in [-0.2, -0.15) is 0 Å². The summed E-state index contributed by atoms with van der Waals surface area (Å²) < 4.78 is 15.0. The molecule has 0 aliphatic heterocycles. The number of nitrogens with two attached hydrogens (primary N) is 1. The molecule has 8 heteroatoms. The van der Waals surface area contributed by atoms with Gasteiger partial charge < -0.3 is 24.9 Å². The predicted molar refractivity (Wildman–Crippen MR) is 78.3 cm³/mol. The number of amides is 1. The minimum atomic E-state index is -0.466. The van der Waals surface area contributed by atoms with Gasteiger partial charge >= 0.3 is 5.97 Å². The molecule has 1 aromatic heterocycles. The summed E-state index contributed by atoms with van der Waals surface area (Å²) in [7, 11) is 2.80. The molecule has 1 aromatic rings. The van der Waals surface area contributed by atoms with Gasteiger partial charge in [0.05, 0.1) is 26.2 Å². The standard InChI is InChI=1S/C13H20N2O5.ClH/c1-8-11(13(17)19-3)4-10(20-8)7-15-12(16)5-9(6-14)18-2;/h4,9H,5-7,14H2,1-3H3,(H,15,16);1H. The second-order valence-corrected chi connectivity index (χ2v) is 4.25. The third-order valence-corrected chi connectivity index (χ3v) is 2.84. The molecule has 1 atom stereocenters. The van der Waals surface area contributed by atoms with E-state index < -0.39 is 5.97 Å². The molecule has 0 bridgehead atoms. The van der Waals surface area contributed by atoms with Crippen molar-refractivity contribution in [2.24, 2.45) is 5.73 Å². The van der Waals surface area contributed by atoms with Crippen LogP contribution < -0.4 is 11.1 Å². The number of hydrogen-bond acceptors (Lipinski definition) is 6. The summed E-state index contributed by atoms with van der Waals surface area (Å²) in [4.78, 5) is 23.1. The van der Waals surface area contributed by atoms with Crippen molar-refractivity contribution in [3.05, 3.63) is 23.2 Å². The van der Waals surface area contributed by atoms with Crippen LogP contribution >= 0.6 is 12.4 Å². The molecule has 0 radical (unpaired) electrons. The average molecular weight is 321 g/mol. The van der Waals surface area contributed by atoms with Crippen LogP contribution in [0, 0.1) is 6.92 Å². The Balaban J connectivity index is 0.00000400. The van der Waals surface area contributed by atoms with E-state index in [-0.39, 0.29) is 43.9 Å². The Bertz CT molecular complexity index is 471. The van der Waals surface area contributed by atoms with Crippen LogP contribution in [-0.4, -0.2) is 38.7 Å². The van der Waals surface area contributed by atoms with Gasteiger partial charge in [-0.3, -0.25) is 4.79 Å².